The van der Waals surface area contributed by atoms with E-state index in [2.05, 4.69) is 5.32 Å². The lowest BCUT2D eigenvalue weighted by Crippen LogP contribution is -2.61. The van der Waals surface area contributed by atoms with E-state index in [-0.39, 0.29) is 19.6 Å². The van der Waals surface area contributed by atoms with E-state index in [9.17, 15) is 19.2 Å². The molecule has 0 aliphatic heterocycles. The third kappa shape index (κ3) is 6.05. The Morgan fingerprint density at radius 3 is 2.22 bits per heavy atom. The molecule has 1 aromatic heterocycles. The zero-order valence-corrected chi connectivity index (χ0v) is 15.8. The van der Waals surface area contributed by atoms with Crippen LogP contribution < -0.4 is 15.6 Å². The van der Waals surface area contributed by atoms with Gasteiger partial charge >= 0.3 is 11.9 Å². The minimum atomic E-state index is -1.92. The van der Waals surface area contributed by atoms with E-state index in [0.717, 1.165) is 0 Å². The number of ether oxygens (including phenoxy) is 2. The molecule has 0 aliphatic rings. The minimum Gasteiger partial charge on any atom is -0.464 e. The largest absolute Gasteiger partial charge is 0.464 e. The lowest BCUT2D eigenvalue weighted by molar-refractivity contribution is -0.697. The minimum absolute atomic E-state index is 0.0297. The zero-order valence-electron chi connectivity index (χ0n) is 15.8. The van der Waals surface area contributed by atoms with Crippen LogP contribution in [-0.4, -0.2) is 42.5 Å². The van der Waals surface area contributed by atoms with E-state index in [1.165, 1.54) is 6.92 Å². The molecule has 9 heteroatoms. The molecule has 0 unspecified atom stereocenters. The van der Waals surface area contributed by atoms with Crippen LogP contribution in [0.3, 0.4) is 0 Å². The summed E-state index contributed by atoms with van der Waals surface area (Å²) in [4.78, 5) is 47.9. The van der Waals surface area contributed by atoms with Gasteiger partial charge in [-0.1, -0.05) is 0 Å². The summed E-state index contributed by atoms with van der Waals surface area (Å²) in [5.74, 6) is -2.85. The molecule has 9 nitrogen and oxygen atoms in total. The molecule has 0 saturated heterocycles. The van der Waals surface area contributed by atoms with Gasteiger partial charge in [0.25, 0.3) is 5.91 Å². The Kier molecular flexibility index (Phi) is 8.37. The fourth-order valence-electron chi connectivity index (χ4n) is 2.59. The summed E-state index contributed by atoms with van der Waals surface area (Å²) in [6.45, 7) is 4.89. The third-order valence-corrected chi connectivity index (χ3v) is 3.75. The van der Waals surface area contributed by atoms with Gasteiger partial charge in [0.15, 0.2) is 12.4 Å². The van der Waals surface area contributed by atoms with E-state index in [4.69, 9.17) is 15.2 Å². The maximum absolute atomic E-state index is 12.5. The normalized spacial score (nSPS) is 10.8. The summed E-state index contributed by atoms with van der Waals surface area (Å²) in [5, 5.41) is 2.41. The molecule has 0 spiro atoms. The third-order valence-electron chi connectivity index (χ3n) is 3.75. The Labute approximate surface area is 157 Å². The first-order chi connectivity index (χ1) is 12.8. The average Bonchev–Trinajstić information content (AvgIpc) is 2.61. The molecule has 0 aliphatic carbocycles. The highest BCUT2D eigenvalue weighted by Gasteiger charge is 2.49. The Bertz CT molecular complexity index is 686. The zero-order chi connectivity index (χ0) is 20.4. The molecule has 0 fully saturated rings. The predicted molar refractivity (Wildman–Crippen MR) is 94.2 cm³/mol. The van der Waals surface area contributed by atoms with E-state index in [0.29, 0.717) is 18.5 Å². The van der Waals surface area contributed by atoms with Crippen molar-refractivity contribution in [2.45, 2.75) is 45.7 Å². The first kappa shape index (κ1) is 22.1. The van der Waals surface area contributed by atoms with E-state index < -0.39 is 29.3 Å². The maximum Gasteiger partial charge on any atom is 0.343 e. The fourth-order valence-corrected chi connectivity index (χ4v) is 2.59. The quantitative estimate of drug-likeness (QED) is 0.330. The summed E-state index contributed by atoms with van der Waals surface area (Å²) < 4.78 is 11.7. The lowest BCUT2D eigenvalue weighted by Gasteiger charge is -2.29. The number of carbonyl (C=O) groups is 4. The number of rotatable bonds is 10. The Hall–Kier alpha value is -2.97. The van der Waals surface area contributed by atoms with Gasteiger partial charge in [-0.2, -0.15) is 0 Å². The van der Waals surface area contributed by atoms with Crippen molar-refractivity contribution < 1.29 is 33.2 Å². The number of carbonyl (C=O) groups excluding carboxylic acids is 4. The van der Waals surface area contributed by atoms with Gasteiger partial charge in [0, 0.05) is 19.4 Å². The van der Waals surface area contributed by atoms with Gasteiger partial charge in [-0.3, -0.25) is 9.59 Å². The number of pyridine rings is 1. The summed E-state index contributed by atoms with van der Waals surface area (Å²) in [7, 11) is 0. The number of amides is 2. The van der Waals surface area contributed by atoms with Crippen molar-refractivity contribution in [1.82, 2.24) is 5.32 Å². The van der Waals surface area contributed by atoms with Gasteiger partial charge in [-0.05, 0) is 26.3 Å². The van der Waals surface area contributed by atoms with Crippen LogP contribution in [0.1, 0.15) is 44.0 Å². The number of hydrogen-bond donors (Lipinski definition) is 2. The first-order valence-corrected chi connectivity index (χ1v) is 8.69. The number of hydrogen-bond acceptors (Lipinski definition) is 6. The van der Waals surface area contributed by atoms with Gasteiger partial charge in [0.1, 0.15) is 12.1 Å². The Morgan fingerprint density at radius 1 is 1.15 bits per heavy atom. The van der Waals surface area contributed by atoms with Gasteiger partial charge in [0.05, 0.1) is 13.2 Å². The summed E-state index contributed by atoms with van der Waals surface area (Å²) in [6.07, 6.45) is 3.58. The SMILES string of the molecule is CCOC(=O)C(CCC[n+]1cccc(C(N)=O)c1)(NC(C)=O)C(=O)OCC. The number of aryl methyl sites for hydroxylation is 1. The number of primary amides is 1. The van der Waals surface area contributed by atoms with Crippen LogP contribution in [0.25, 0.3) is 0 Å². The topological polar surface area (TPSA) is 129 Å². The van der Waals surface area contributed by atoms with Crippen LogP contribution >= 0.6 is 0 Å². The number of nitrogens with two attached hydrogens (primary N) is 1. The predicted octanol–water partition coefficient (Wildman–Crippen LogP) is -0.146. The van der Waals surface area contributed by atoms with Crippen LogP contribution in [0, 0.1) is 0 Å². The van der Waals surface area contributed by atoms with Crippen molar-refractivity contribution in [3.63, 3.8) is 0 Å². The average molecular weight is 380 g/mol. The number of nitrogens with one attached hydrogen (secondary N) is 1. The van der Waals surface area contributed by atoms with Gasteiger partial charge < -0.3 is 20.5 Å². The second-order valence-corrected chi connectivity index (χ2v) is 5.83. The molecule has 1 heterocycles. The monoisotopic (exact) mass is 380 g/mol. The fraction of sp³-hybridized carbons (Fsp3) is 0.500. The first-order valence-electron chi connectivity index (χ1n) is 8.69. The Morgan fingerprint density at radius 2 is 1.74 bits per heavy atom. The molecule has 0 saturated carbocycles. The van der Waals surface area contributed by atoms with Crippen LogP contribution in [0.2, 0.25) is 0 Å². The highest BCUT2D eigenvalue weighted by atomic mass is 16.6. The second-order valence-electron chi connectivity index (χ2n) is 5.83. The Balaban J connectivity index is 3.03. The highest BCUT2D eigenvalue weighted by Crippen LogP contribution is 2.19. The summed E-state index contributed by atoms with van der Waals surface area (Å²) in [6, 6.07) is 3.25. The van der Waals surface area contributed by atoms with Crippen molar-refractivity contribution >= 4 is 23.8 Å². The van der Waals surface area contributed by atoms with Crippen LogP contribution in [-0.2, 0) is 30.4 Å². The number of esters is 2. The molecule has 0 aromatic carbocycles. The molecule has 3 N–H and O–H groups in total. The molecular formula is C18H26N3O6+. The molecule has 148 valence electrons. The molecule has 0 radical (unpaired) electrons. The summed E-state index contributed by atoms with van der Waals surface area (Å²) in [5.41, 5.74) is 3.68. The molecule has 1 aromatic rings. The molecular weight excluding hydrogens is 354 g/mol. The van der Waals surface area contributed by atoms with Crippen molar-refractivity contribution in [3.05, 3.63) is 30.1 Å². The number of aromatic nitrogens is 1. The lowest BCUT2D eigenvalue weighted by atomic mass is 9.92. The standard InChI is InChI=1S/C18H25N3O6/c1-4-26-16(24)18(20-13(3)22,17(25)27-5-2)9-7-11-21-10-6-8-14(12-21)15(19)23/h6,8,10,12H,4-5,7,9,11H2,1-3H3,(H2-,19,20,22,23)/p+1. The van der Waals surface area contributed by atoms with Crippen LogP contribution in [0.15, 0.2) is 24.5 Å². The van der Waals surface area contributed by atoms with Crippen molar-refractivity contribution in [3.8, 4) is 0 Å². The smallest absolute Gasteiger partial charge is 0.343 e. The van der Waals surface area contributed by atoms with Gasteiger partial charge in [-0.15, -0.1) is 0 Å². The van der Waals surface area contributed by atoms with Crippen molar-refractivity contribution in [2.24, 2.45) is 5.73 Å². The molecule has 0 atom stereocenters. The second kappa shape index (κ2) is 10.2. The van der Waals surface area contributed by atoms with E-state index in [1.807, 2.05) is 0 Å². The molecule has 1 rings (SSSR count). The van der Waals surface area contributed by atoms with Gasteiger partial charge in [-0.25, -0.2) is 14.2 Å². The van der Waals surface area contributed by atoms with E-state index >= 15 is 0 Å². The van der Waals surface area contributed by atoms with Gasteiger partial charge in [0.2, 0.25) is 11.4 Å². The van der Waals surface area contributed by atoms with Crippen LogP contribution in [0.5, 0.6) is 0 Å². The van der Waals surface area contributed by atoms with Crippen molar-refractivity contribution in [2.75, 3.05) is 13.2 Å². The van der Waals surface area contributed by atoms with E-state index in [1.54, 1.807) is 42.9 Å². The van der Waals surface area contributed by atoms with Crippen LogP contribution in [0.4, 0.5) is 0 Å². The highest BCUT2D eigenvalue weighted by molar-refractivity contribution is 6.07. The summed E-state index contributed by atoms with van der Waals surface area (Å²) >= 11 is 0. The molecule has 27 heavy (non-hydrogen) atoms. The molecule has 0 bridgehead atoms. The molecule has 2 amide bonds. The maximum atomic E-state index is 12.5. The number of nitrogens with zero attached hydrogens (tertiary/aromatic N) is 1. The van der Waals surface area contributed by atoms with Crippen molar-refractivity contribution in [1.29, 1.82) is 0 Å².